The van der Waals surface area contributed by atoms with E-state index >= 15 is 0 Å². The lowest BCUT2D eigenvalue weighted by Gasteiger charge is -2.07. The molecule has 0 bridgehead atoms. The van der Waals surface area contributed by atoms with Gasteiger partial charge < -0.3 is 0 Å². The summed E-state index contributed by atoms with van der Waals surface area (Å²) in [6, 6.07) is 6.73. The lowest BCUT2D eigenvalue weighted by molar-refractivity contribution is 0.625. The second kappa shape index (κ2) is 3.51. The summed E-state index contributed by atoms with van der Waals surface area (Å²) < 4.78 is 12.5. The highest BCUT2D eigenvalue weighted by Gasteiger charge is 2.01. The maximum Gasteiger partial charge on any atom is 0.123 e. The van der Waals surface area contributed by atoms with Crippen molar-refractivity contribution in [3.05, 3.63) is 35.6 Å². The minimum atomic E-state index is -0.156. The van der Waals surface area contributed by atoms with Crippen LogP contribution >= 0.6 is 0 Å². The lowest BCUT2D eigenvalue weighted by Crippen LogP contribution is -1.90. The van der Waals surface area contributed by atoms with Gasteiger partial charge in [-0.05, 0) is 30.0 Å². The third-order valence-electron chi connectivity index (χ3n) is 2.05. The van der Waals surface area contributed by atoms with Gasteiger partial charge in [-0.25, -0.2) is 4.39 Å². The molecule has 11 heavy (non-hydrogen) atoms. The van der Waals surface area contributed by atoms with E-state index in [1.165, 1.54) is 17.7 Å². The Labute approximate surface area is 67.1 Å². The van der Waals surface area contributed by atoms with Gasteiger partial charge in [-0.15, -0.1) is 0 Å². The molecule has 0 aliphatic heterocycles. The van der Waals surface area contributed by atoms with Gasteiger partial charge in [-0.1, -0.05) is 26.0 Å². The van der Waals surface area contributed by atoms with Crippen LogP contribution in [0.3, 0.4) is 0 Å². The Morgan fingerprint density at radius 3 is 2.27 bits per heavy atom. The molecule has 1 atom stereocenters. The van der Waals surface area contributed by atoms with Gasteiger partial charge >= 0.3 is 0 Å². The molecule has 0 saturated heterocycles. The van der Waals surface area contributed by atoms with Crippen LogP contribution in [0.1, 0.15) is 31.7 Å². The van der Waals surface area contributed by atoms with Crippen molar-refractivity contribution in [1.29, 1.82) is 0 Å². The molecule has 1 aromatic rings. The number of benzene rings is 1. The number of halogens is 1. The first-order chi connectivity index (χ1) is 5.24. The third-order valence-corrected chi connectivity index (χ3v) is 2.05. The Hall–Kier alpha value is -0.850. The molecule has 0 aliphatic carbocycles. The summed E-state index contributed by atoms with van der Waals surface area (Å²) in [5, 5.41) is 0. The van der Waals surface area contributed by atoms with Crippen LogP contribution < -0.4 is 0 Å². The number of hydrogen-bond donors (Lipinski definition) is 0. The minimum absolute atomic E-state index is 0.156. The summed E-state index contributed by atoms with van der Waals surface area (Å²) in [4.78, 5) is 0. The molecular weight excluding hydrogens is 139 g/mol. The van der Waals surface area contributed by atoms with Gasteiger partial charge in [0.1, 0.15) is 5.82 Å². The Bertz CT molecular complexity index is 213. The monoisotopic (exact) mass is 152 g/mol. The summed E-state index contributed by atoms with van der Waals surface area (Å²) in [6.45, 7) is 4.28. The van der Waals surface area contributed by atoms with E-state index in [9.17, 15) is 4.39 Å². The molecule has 0 fully saturated rings. The molecule has 1 aromatic carbocycles. The molecule has 0 spiro atoms. The van der Waals surface area contributed by atoms with Crippen molar-refractivity contribution in [1.82, 2.24) is 0 Å². The predicted octanol–water partition coefficient (Wildman–Crippen LogP) is 3.34. The van der Waals surface area contributed by atoms with Crippen LogP contribution in [0, 0.1) is 5.82 Å². The van der Waals surface area contributed by atoms with Crippen molar-refractivity contribution in [3.63, 3.8) is 0 Å². The Balaban J connectivity index is 2.81. The highest BCUT2D eigenvalue weighted by atomic mass is 19.1. The van der Waals surface area contributed by atoms with Gasteiger partial charge in [0.05, 0.1) is 0 Å². The first-order valence-corrected chi connectivity index (χ1v) is 3.99. The molecule has 0 radical (unpaired) electrons. The Morgan fingerprint density at radius 1 is 1.27 bits per heavy atom. The van der Waals surface area contributed by atoms with Gasteiger partial charge in [-0.3, -0.25) is 0 Å². The topological polar surface area (TPSA) is 0 Å². The molecule has 0 aromatic heterocycles. The first-order valence-electron chi connectivity index (χ1n) is 3.99. The van der Waals surface area contributed by atoms with Crippen molar-refractivity contribution in [2.24, 2.45) is 0 Å². The maximum absolute atomic E-state index is 12.5. The fourth-order valence-electron chi connectivity index (χ4n) is 1.03. The van der Waals surface area contributed by atoms with Crippen LogP contribution in [0.2, 0.25) is 0 Å². The van der Waals surface area contributed by atoms with E-state index in [0.29, 0.717) is 5.92 Å². The van der Waals surface area contributed by atoms with Crippen molar-refractivity contribution < 1.29 is 4.39 Å². The van der Waals surface area contributed by atoms with E-state index in [4.69, 9.17) is 0 Å². The molecule has 1 heteroatoms. The van der Waals surface area contributed by atoms with Crippen LogP contribution in [-0.4, -0.2) is 0 Å². The van der Waals surface area contributed by atoms with Gasteiger partial charge in [0.2, 0.25) is 0 Å². The summed E-state index contributed by atoms with van der Waals surface area (Å²) >= 11 is 0. The minimum Gasteiger partial charge on any atom is -0.207 e. The second-order valence-corrected chi connectivity index (χ2v) is 2.86. The molecule has 1 unspecified atom stereocenters. The average molecular weight is 152 g/mol. The molecular formula is C10H13F. The number of rotatable bonds is 2. The van der Waals surface area contributed by atoms with Crippen molar-refractivity contribution in [2.45, 2.75) is 26.2 Å². The van der Waals surface area contributed by atoms with Crippen LogP contribution in [0.15, 0.2) is 24.3 Å². The Kier molecular flexibility index (Phi) is 2.64. The van der Waals surface area contributed by atoms with Gasteiger partial charge in [0, 0.05) is 0 Å². The zero-order chi connectivity index (χ0) is 8.27. The molecule has 0 heterocycles. The smallest absolute Gasteiger partial charge is 0.123 e. The van der Waals surface area contributed by atoms with Crippen molar-refractivity contribution in [3.8, 4) is 0 Å². The van der Waals surface area contributed by atoms with Gasteiger partial charge in [-0.2, -0.15) is 0 Å². The Morgan fingerprint density at radius 2 is 1.82 bits per heavy atom. The van der Waals surface area contributed by atoms with Crippen LogP contribution in [0.5, 0.6) is 0 Å². The van der Waals surface area contributed by atoms with Crippen LogP contribution in [0.25, 0.3) is 0 Å². The molecule has 0 saturated carbocycles. The molecule has 0 aliphatic rings. The quantitative estimate of drug-likeness (QED) is 0.609. The lowest BCUT2D eigenvalue weighted by atomic mass is 9.99. The van der Waals surface area contributed by atoms with E-state index in [-0.39, 0.29) is 5.82 Å². The summed E-state index contributed by atoms with van der Waals surface area (Å²) in [6.07, 6.45) is 1.10. The molecule has 1 rings (SSSR count). The first kappa shape index (κ1) is 8.25. The summed E-state index contributed by atoms with van der Waals surface area (Å²) in [5.74, 6) is 0.382. The molecule has 0 nitrogen and oxygen atoms in total. The van der Waals surface area contributed by atoms with Gasteiger partial charge in [0.25, 0.3) is 0 Å². The van der Waals surface area contributed by atoms with Crippen molar-refractivity contribution >= 4 is 0 Å². The van der Waals surface area contributed by atoms with Crippen molar-refractivity contribution in [2.75, 3.05) is 0 Å². The summed E-state index contributed by atoms with van der Waals surface area (Å²) in [7, 11) is 0. The maximum atomic E-state index is 12.5. The second-order valence-electron chi connectivity index (χ2n) is 2.86. The standard InChI is InChI=1S/C10H13F/c1-3-8(2)9-4-6-10(11)7-5-9/h4-8H,3H2,1-2H3. The van der Waals surface area contributed by atoms with E-state index in [0.717, 1.165) is 6.42 Å². The largest absolute Gasteiger partial charge is 0.207 e. The summed E-state index contributed by atoms with van der Waals surface area (Å²) in [5.41, 5.74) is 1.22. The predicted molar refractivity (Wildman–Crippen MR) is 45.1 cm³/mol. The zero-order valence-corrected chi connectivity index (χ0v) is 6.97. The molecule has 60 valence electrons. The van der Waals surface area contributed by atoms with Crippen LogP contribution in [-0.2, 0) is 0 Å². The molecule has 0 amide bonds. The van der Waals surface area contributed by atoms with E-state index in [1.807, 2.05) is 12.1 Å². The van der Waals surface area contributed by atoms with Crippen LogP contribution in [0.4, 0.5) is 4.39 Å². The zero-order valence-electron chi connectivity index (χ0n) is 6.97. The highest BCUT2D eigenvalue weighted by Crippen LogP contribution is 2.17. The number of hydrogen-bond acceptors (Lipinski definition) is 0. The third kappa shape index (κ3) is 2.04. The SMILES string of the molecule is CCC(C)c1ccc(F)cc1. The van der Waals surface area contributed by atoms with E-state index < -0.39 is 0 Å². The fraction of sp³-hybridized carbons (Fsp3) is 0.400. The molecule has 0 N–H and O–H groups in total. The fourth-order valence-corrected chi connectivity index (χ4v) is 1.03. The van der Waals surface area contributed by atoms with E-state index in [1.54, 1.807) is 0 Å². The normalized spacial score (nSPS) is 13.0. The average Bonchev–Trinajstić information content (AvgIpc) is 2.05. The highest BCUT2D eigenvalue weighted by molar-refractivity contribution is 5.19. The van der Waals surface area contributed by atoms with E-state index in [2.05, 4.69) is 13.8 Å². The van der Waals surface area contributed by atoms with Gasteiger partial charge in [0.15, 0.2) is 0 Å².